The summed E-state index contributed by atoms with van der Waals surface area (Å²) in [5.74, 6) is 0. The Morgan fingerprint density at radius 2 is 2.20 bits per heavy atom. The lowest BCUT2D eigenvalue weighted by molar-refractivity contribution is 0.588. The molecular formula is C14H16BrN3OS. The van der Waals surface area contributed by atoms with Crippen LogP contribution in [0.3, 0.4) is 0 Å². The van der Waals surface area contributed by atoms with E-state index >= 15 is 0 Å². The average Bonchev–Trinajstić information content (AvgIpc) is 2.39. The molecule has 0 spiro atoms. The van der Waals surface area contributed by atoms with Gasteiger partial charge in [-0.3, -0.25) is 4.79 Å². The van der Waals surface area contributed by atoms with Crippen LogP contribution in [-0.2, 0) is 6.54 Å². The van der Waals surface area contributed by atoms with Crippen molar-refractivity contribution in [2.75, 3.05) is 0 Å². The summed E-state index contributed by atoms with van der Waals surface area (Å²) in [7, 11) is 0. The van der Waals surface area contributed by atoms with E-state index in [1.165, 1.54) is 29.6 Å². The third kappa shape index (κ3) is 4.47. The summed E-state index contributed by atoms with van der Waals surface area (Å²) in [6, 6.07) is 8.04. The highest BCUT2D eigenvalue weighted by molar-refractivity contribution is 9.10. The lowest BCUT2D eigenvalue weighted by Crippen LogP contribution is -2.21. The Balaban J connectivity index is 2.11. The molecule has 0 aliphatic rings. The molecule has 0 unspecified atom stereocenters. The predicted octanol–water partition coefficient (Wildman–Crippen LogP) is 3.18. The number of halogens is 1. The highest BCUT2D eigenvalue weighted by Crippen LogP contribution is 2.31. The largest absolute Gasteiger partial charge is 0.310 e. The third-order valence-corrected chi connectivity index (χ3v) is 4.46. The van der Waals surface area contributed by atoms with E-state index in [4.69, 9.17) is 0 Å². The van der Waals surface area contributed by atoms with Gasteiger partial charge in [0.15, 0.2) is 5.16 Å². The molecule has 0 atom stereocenters. The van der Waals surface area contributed by atoms with Crippen molar-refractivity contribution < 1.29 is 0 Å². The molecule has 1 aromatic heterocycles. The van der Waals surface area contributed by atoms with Gasteiger partial charge in [-0.25, -0.2) is 4.98 Å². The molecule has 0 aliphatic heterocycles. The first-order valence-corrected chi connectivity index (χ1v) is 7.90. The zero-order valence-electron chi connectivity index (χ0n) is 11.3. The molecule has 4 nitrogen and oxygen atoms in total. The Morgan fingerprint density at radius 3 is 2.85 bits per heavy atom. The second-order valence-electron chi connectivity index (χ2n) is 4.64. The Hall–Kier alpha value is -1.11. The summed E-state index contributed by atoms with van der Waals surface area (Å²) in [4.78, 5) is 19.1. The zero-order valence-corrected chi connectivity index (χ0v) is 13.7. The monoisotopic (exact) mass is 353 g/mol. The number of rotatable bonds is 5. The van der Waals surface area contributed by atoms with Gasteiger partial charge < -0.3 is 10.3 Å². The lowest BCUT2D eigenvalue weighted by Gasteiger charge is -2.10. The maximum atomic E-state index is 11.2. The molecule has 0 saturated carbocycles. The van der Waals surface area contributed by atoms with Crippen molar-refractivity contribution in [1.29, 1.82) is 0 Å². The SMILES string of the molecule is CC(C)NCc1ccc(Sc2nccc(=O)[nH]2)c(Br)c1. The highest BCUT2D eigenvalue weighted by atomic mass is 79.9. The summed E-state index contributed by atoms with van der Waals surface area (Å²) in [6.45, 7) is 5.08. The smallest absolute Gasteiger partial charge is 0.251 e. The summed E-state index contributed by atoms with van der Waals surface area (Å²) >= 11 is 4.99. The zero-order chi connectivity index (χ0) is 14.5. The van der Waals surface area contributed by atoms with Gasteiger partial charge in [-0.1, -0.05) is 31.7 Å². The molecule has 0 bridgehead atoms. The summed E-state index contributed by atoms with van der Waals surface area (Å²) in [5.41, 5.74) is 1.07. The van der Waals surface area contributed by atoms with Crippen LogP contribution in [0.4, 0.5) is 0 Å². The second kappa shape index (κ2) is 7.06. The highest BCUT2D eigenvalue weighted by Gasteiger charge is 2.06. The average molecular weight is 354 g/mol. The molecule has 1 aromatic carbocycles. The van der Waals surface area contributed by atoms with E-state index in [0.29, 0.717) is 11.2 Å². The topological polar surface area (TPSA) is 57.8 Å². The predicted molar refractivity (Wildman–Crippen MR) is 85.1 cm³/mol. The molecular weight excluding hydrogens is 338 g/mol. The number of benzene rings is 1. The fraction of sp³-hybridized carbons (Fsp3) is 0.286. The van der Waals surface area contributed by atoms with Gasteiger partial charge >= 0.3 is 0 Å². The quantitative estimate of drug-likeness (QED) is 0.810. The van der Waals surface area contributed by atoms with E-state index in [1.807, 2.05) is 6.07 Å². The Morgan fingerprint density at radius 1 is 1.40 bits per heavy atom. The Bertz CT molecular complexity index is 642. The van der Waals surface area contributed by atoms with Gasteiger partial charge in [-0.2, -0.15) is 0 Å². The van der Waals surface area contributed by atoms with Crippen molar-refractivity contribution in [3.8, 4) is 0 Å². The van der Waals surface area contributed by atoms with Crippen LogP contribution >= 0.6 is 27.7 Å². The molecule has 2 rings (SSSR count). The van der Waals surface area contributed by atoms with Gasteiger partial charge in [0.1, 0.15) is 0 Å². The first-order chi connectivity index (χ1) is 9.54. The van der Waals surface area contributed by atoms with Crippen molar-refractivity contribution in [2.24, 2.45) is 0 Å². The van der Waals surface area contributed by atoms with Gasteiger partial charge in [0.05, 0.1) is 0 Å². The number of aromatic amines is 1. The molecule has 20 heavy (non-hydrogen) atoms. The van der Waals surface area contributed by atoms with Crippen molar-refractivity contribution in [3.63, 3.8) is 0 Å². The van der Waals surface area contributed by atoms with Gasteiger partial charge in [-0.15, -0.1) is 0 Å². The van der Waals surface area contributed by atoms with Crippen molar-refractivity contribution in [1.82, 2.24) is 15.3 Å². The minimum atomic E-state index is -0.142. The lowest BCUT2D eigenvalue weighted by atomic mass is 10.2. The van der Waals surface area contributed by atoms with Crippen LogP contribution < -0.4 is 10.9 Å². The standard InChI is InChI=1S/C14H16BrN3OS/c1-9(2)17-8-10-3-4-12(11(15)7-10)20-14-16-6-5-13(19)18-14/h3-7,9,17H,8H2,1-2H3,(H,16,18,19). The van der Waals surface area contributed by atoms with Crippen LogP contribution in [0, 0.1) is 0 Å². The minimum absolute atomic E-state index is 0.142. The normalized spacial score (nSPS) is 11.0. The Kier molecular flexibility index (Phi) is 5.39. The van der Waals surface area contributed by atoms with E-state index in [-0.39, 0.29) is 5.56 Å². The minimum Gasteiger partial charge on any atom is -0.310 e. The van der Waals surface area contributed by atoms with Crippen LogP contribution in [0.15, 0.2) is 49.8 Å². The van der Waals surface area contributed by atoms with Crippen molar-refractivity contribution in [3.05, 3.63) is 50.9 Å². The molecule has 0 radical (unpaired) electrons. The molecule has 106 valence electrons. The number of hydrogen-bond acceptors (Lipinski definition) is 4. The molecule has 0 fully saturated rings. The Labute approximate surface area is 130 Å². The maximum Gasteiger partial charge on any atom is 0.251 e. The molecule has 0 aliphatic carbocycles. The van der Waals surface area contributed by atoms with Gasteiger partial charge in [0.2, 0.25) is 0 Å². The maximum absolute atomic E-state index is 11.2. The first kappa shape index (κ1) is 15.3. The molecule has 1 heterocycles. The second-order valence-corrected chi connectivity index (χ2v) is 6.53. The summed E-state index contributed by atoms with van der Waals surface area (Å²) < 4.78 is 0.997. The van der Waals surface area contributed by atoms with Crippen molar-refractivity contribution >= 4 is 27.7 Å². The van der Waals surface area contributed by atoms with Crippen LogP contribution in [0.1, 0.15) is 19.4 Å². The molecule has 6 heteroatoms. The number of aromatic nitrogens is 2. The fourth-order valence-corrected chi connectivity index (χ4v) is 3.00. The van der Waals surface area contributed by atoms with Crippen molar-refractivity contribution in [2.45, 2.75) is 36.5 Å². The van der Waals surface area contributed by atoms with E-state index in [0.717, 1.165) is 15.9 Å². The van der Waals surface area contributed by atoms with E-state index in [9.17, 15) is 4.79 Å². The van der Waals surface area contributed by atoms with Crippen LogP contribution in [0.25, 0.3) is 0 Å². The molecule has 2 aromatic rings. The summed E-state index contributed by atoms with van der Waals surface area (Å²) in [5, 5.41) is 3.97. The number of hydrogen-bond donors (Lipinski definition) is 2. The van der Waals surface area contributed by atoms with Gasteiger partial charge in [-0.05, 0) is 33.6 Å². The molecule has 2 N–H and O–H groups in total. The van der Waals surface area contributed by atoms with E-state index in [2.05, 4.69) is 57.2 Å². The number of H-pyrrole nitrogens is 1. The fourth-order valence-electron chi connectivity index (χ4n) is 1.57. The molecule has 0 saturated heterocycles. The third-order valence-electron chi connectivity index (χ3n) is 2.57. The molecule has 0 amide bonds. The number of nitrogens with zero attached hydrogens (tertiary/aromatic N) is 1. The van der Waals surface area contributed by atoms with E-state index < -0.39 is 0 Å². The van der Waals surface area contributed by atoms with Crippen LogP contribution in [0.5, 0.6) is 0 Å². The van der Waals surface area contributed by atoms with Crippen LogP contribution in [-0.4, -0.2) is 16.0 Å². The summed E-state index contributed by atoms with van der Waals surface area (Å²) in [6.07, 6.45) is 1.51. The van der Waals surface area contributed by atoms with Crippen LogP contribution in [0.2, 0.25) is 0 Å². The van der Waals surface area contributed by atoms with Gasteiger partial charge in [0, 0.05) is 34.2 Å². The van der Waals surface area contributed by atoms with E-state index in [1.54, 1.807) is 0 Å². The first-order valence-electron chi connectivity index (χ1n) is 6.29. The van der Waals surface area contributed by atoms with Gasteiger partial charge in [0.25, 0.3) is 5.56 Å². The number of nitrogens with one attached hydrogen (secondary N) is 2.